The van der Waals surface area contributed by atoms with Crippen molar-refractivity contribution in [1.29, 1.82) is 0 Å². The predicted molar refractivity (Wildman–Crippen MR) is 53.6 cm³/mol. The zero-order chi connectivity index (χ0) is 10.3. The Morgan fingerprint density at radius 2 is 2.23 bits per heavy atom. The minimum absolute atomic E-state index is 0.122. The van der Waals surface area contributed by atoms with Crippen LogP contribution < -0.4 is 5.32 Å². The zero-order valence-corrected chi connectivity index (χ0v) is 8.67. The van der Waals surface area contributed by atoms with E-state index in [1.807, 2.05) is 0 Å². The van der Waals surface area contributed by atoms with E-state index in [9.17, 15) is 4.79 Å². The van der Waals surface area contributed by atoms with Gasteiger partial charge in [-0.15, -0.1) is 6.58 Å². The van der Waals surface area contributed by atoms with Crippen LogP contribution in [0.25, 0.3) is 0 Å². The highest BCUT2D eigenvalue weighted by Gasteiger charge is 2.14. The molecule has 0 spiro atoms. The van der Waals surface area contributed by atoms with Crippen LogP contribution in [0.2, 0.25) is 0 Å². The number of ether oxygens (including phenoxy) is 1. The summed E-state index contributed by atoms with van der Waals surface area (Å²) >= 11 is 0. The van der Waals surface area contributed by atoms with Crippen molar-refractivity contribution in [3.63, 3.8) is 0 Å². The molecule has 0 saturated carbocycles. The molecule has 0 aliphatic heterocycles. The van der Waals surface area contributed by atoms with Gasteiger partial charge in [0, 0.05) is 6.04 Å². The first-order chi connectivity index (χ1) is 6.11. The van der Waals surface area contributed by atoms with Gasteiger partial charge in [-0.25, -0.2) is 4.79 Å². The molecule has 0 heterocycles. The third-order valence-electron chi connectivity index (χ3n) is 1.80. The Morgan fingerprint density at radius 3 is 2.62 bits per heavy atom. The van der Waals surface area contributed by atoms with Crippen LogP contribution >= 0.6 is 0 Å². The third-order valence-corrected chi connectivity index (χ3v) is 1.80. The van der Waals surface area contributed by atoms with Crippen molar-refractivity contribution in [2.75, 3.05) is 6.61 Å². The van der Waals surface area contributed by atoms with Crippen LogP contribution in [0.5, 0.6) is 0 Å². The van der Waals surface area contributed by atoms with Crippen molar-refractivity contribution in [3.05, 3.63) is 12.7 Å². The van der Waals surface area contributed by atoms with Gasteiger partial charge in [0.15, 0.2) is 0 Å². The average molecular weight is 185 g/mol. The van der Waals surface area contributed by atoms with Gasteiger partial charge in [0.25, 0.3) is 0 Å². The molecule has 0 aliphatic rings. The zero-order valence-electron chi connectivity index (χ0n) is 8.67. The lowest BCUT2D eigenvalue weighted by Gasteiger charge is -2.20. The number of rotatable bonds is 5. The molecule has 3 nitrogen and oxygen atoms in total. The molecule has 0 bridgehead atoms. The average Bonchev–Trinajstić information content (AvgIpc) is 2.04. The Bertz CT molecular complexity index is 166. The molecule has 0 aliphatic carbocycles. The minimum atomic E-state index is -0.344. The van der Waals surface area contributed by atoms with E-state index in [0.29, 0.717) is 12.5 Å². The lowest BCUT2D eigenvalue weighted by Crippen LogP contribution is -2.38. The fraction of sp³-hybridized carbons (Fsp3) is 0.700. The number of hydrogen-bond acceptors (Lipinski definition) is 2. The van der Waals surface area contributed by atoms with E-state index >= 15 is 0 Å². The summed E-state index contributed by atoms with van der Waals surface area (Å²) in [6, 6.07) is 0.122. The first kappa shape index (κ1) is 12.0. The van der Waals surface area contributed by atoms with Gasteiger partial charge in [0.1, 0.15) is 0 Å². The van der Waals surface area contributed by atoms with Crippen LogP contribution in [0, 0.1) is 5.92 Å². The molecule has 1 N–H and O–H groups in total. The molecule has 1 atom stereocenters. The number of nitrogens with one attached hydrogen (secondary N) is 1. The molecule has 0 aromatic carbocycles. The highest BCUT2D eigenvalue weighted by atomic mass is 16.5. The molecule has 0 aromatic heterocycles. The molecule has 1 amide bonds. The van der Waals surface area contributed by atoms with Crippen LogP contribution in [0.3, 0.4) is 0 Å². The largest absolute Gasteiger partial charge is 0.450 e. The smallest absolute Gasteiger partial charge is 0.407 e. The van der Waals surface area contributed by atoms with Gasteiger partial charge in [-0.2, -0.15) is 0 Å². The third kappa shape index (κ3) is 5.28. The number of alkyl carbamates (subject to hydrolysis) is 1. The second kappa shape index (κ2) is 6.52. The summed E-state index contributed by atoms with van der Waals surface area (Å²) in [7, 11) is 0. The second-order valence-electron chi connectivity index (χ2n) is 3.24. The molecule has 0 rings (SSSR count). The fourth-order valence-electron chi connectivity index (χ4n) is 1.00. The molecule has 0 aromatic rings. The van der Waals surface area contributed by atoms with Crippen molar-refractivity contribution in [1.82, 2.24) is 5.32 Å². The Balaban J connectivity index is 3.93. The first-order valence-electron chi connectivity index (χ1n) is 4.66. The maximum atomic E-state index is 11.1. The van der Waals surface area contributed by atoms with E-state index in [-0.39, 0.29) is 12.1 Å². The maximum Gasteiger partial charge on any atom is 0.407 e. The summed E-state index contributed by atoms with van der Waals surface area (Å²) in [5.41, 5.74) is 0. The van der Waals surface area contributed by atoms with Crippen molar-refractivity contribution < 1.29 is 9.53 Å². The lowest BCUT2D eigenvalue weighted by atomic mass is 10.0. The normalized spacial score (nSPS) is 12.3. The molecular formula is C10H19NO2. The van der Waals surface area contributed by atoms with Crippen molar-refractivity contribution in [2.45, 2.75) is 33.2 Å². The SMILES string of the molecule is C=CCC(NC(=O)OCC)C(C)C. The van der Waals surface area contributed by atoms with Gasteiger partial charge >= 0.3 is 6.09 Å². The number of hydrogen-bond donors (Lipinski definition) is 1. The van der Waals surface area contributed by atoms with E-state index in [1.54, 1.807) is 13.0 Å². The van der Waals surface area contributed by atoms with Crippen LogP contribution in [0.15, 0.2) is 12.7 Å². The summed E-state index contributed by atoms with van der Waals surface area (Å²) in [5, 5.41) is 2.79. The van der Waals surface area contributed by atoms with Crippen LogP contribution in [0.4, 0.5) is 4.79 Å². The van der Waals surface area contributed by atoms with E-state index < -0.39 is 0 Å². The van der Waals surface area contributed by atoms with E-state index in [0.717, 1.165) is 6.42 Å². The predicted octanol–water partition coefficient (Wildman–Crippen LogP) is 2.33. The van der Waals surface area contributed by atoms with Crippen LogP contribution in [-0.4, -0.2) is 18.7 Å². The van der Waals surface area contributed by atoms with Gasteiger partial charge in [-0.1, -0.05) is 19.9 Å². The van der Waals surface area contributed by atoms with Gasteiger partial charge < -0.3 is 10.1 Å². The fourth-order valence-corrected chi connectivity index (χ4v) is 1.00. The molecule has 3 heteroatoms. The van der Waals surface area contributed by atoms with Crippen molar-refractivity contribution in [3.8, 4) is 0 Å². The molecule has 0 fully saturated rings. The van der Waals surface area contributed by atoms with Crippen LogP contribution in [0.1, 0.15) is 27.2 Å². The molecule has 0 radical (unpaired) electrons. The number of carbonyl (C=O) groups excluding carboxylic acids is 1. The summed E-state index contributed by atoms with van der Waals surface area (Å²) < 4.78 is 4.78. The van der Waals surface area contributed by atoms with Gasteiger partial charge in [-0.05, 0) is 19.3 Å². The maximum absolute atomic E-state index is 11.1. The quantitative estimate of drug-likeness (QED) is 0.667. The lowest BCUT2D eigenvalue weighted by molar-refractivity contribution is 0.145. The first-order valence-corrected chi connectivity index (χ1v) is 4.66. The van der Waals surface area contributed by atoms with Crippen molar-refractivity contribution >= 4 is 6.09 Å². The van der Waals surface area contributed by atoms with E-state index in [4.69, 9.17) is 4.74 Å². The van der Waals surface area contributed by atoms with Gasteiger partial charge in [0.2, 0.25) is 0 Å². The Kier molecular flexibility index (Phi) is 6.02. The Labute approximate surface area is 80.2 Å². The second-order valence-corrected chi connectivity index (χ2v) is 3.24. The van der Waals surface area contributed by atoms with Crippen molar-refractivity contribution in [2.24, 2.45) is 5.92 Å². The standard InChI is InChI=1S/C10H19NO2/c1-5-7-9(8(3)4)11-10(12)13-6-2/h5,8-9H,1,6-7H2,2-4H3,(H,11,12). The minimum Gasteiger partial charge on any atom is -0.450 e. The Morgan fingerprint density at radius 1 is 1.62 bits per heavy atom. The van der Waals surface area contributed by atoms with Gasteiger partial charge in [0.05, 0.1) is 6.61 Å². The van der Waals surface area contributed by atoms with Gasteiger partial charge in [-0.3, -0.25) is 0 Å². The van der Waals surface area contributed by atoms with E-state index in [2.05, 4.69) is 25.7 Å². The summed E-state index contributed by atoms with van der Waals surface area (Å²) in [5.74, 6) is 0.391. The highest BCUT2D eigenvalue weighted by Crippen LogP contribution is 2.06. The van der Waals surface area contributed by atoms with Crippen LogP contribution in [-0.2, 0) is 4.74 Å². The van der Waals surface area contributed by atoms with E-state index in [1.165, 1.54) is 0 Å². The molecule has 1 unspecified atom stereocenters. The number of amides is 1. The Hall–Kier alpha value is -0.990. The number of carbonyl (C=O) groups is 1. The molecule has 0 saturated heterocycles. The monoisotopic (exact) mass is 185 g/mol. The highest BCUT2D eigenvalue weighted by molar-refractivity contribution is 5.67. The topological polar surface area (TPSA) is 38.3 Å². The molecule has 13 heavy (non-hydrogen) atoms. The summed E-state index contributed by atoms with van der Waals surface area (Å²) in [6.45, 7) is 9.95. The summed E-state index contributed by atoms with van der Waals surface area (Å²) in [4.78, 5) is 11.1. The summed E-state index contributed by atoms with van der Waals surface area (Å²) in [6.07, 6.45) is 2.23. The molecular weight excluding hydrogens is 166 g/mol. The molecule has 76 valence electrons.